The largest absolute Gasteiger partial charge is 0.529 e. The molecule has 0 heterocycles. The lowest BCUT2D eigenvalue weighted by molar-refractivity contribution is 0.103. The fourth-order valence-corrected chi connectivity index (χ4v) is 6.72. The van der Waals surface area contributed by atoms with Gasteiger partial charge in [-0.2, -0.15) is 0 Å². The minimum absolute atomic E-state index is 0.230. The van der Waals surface area contributed by atoms with Gasteiger partial charge in [-0.15, -0.1) is 0 Å². The van der Waals surface area contributed by atoms with Gasteiger partial charge in [0.25, 0.3) is 8.38 Å². The Hall–Kier alpha value is -4.71. The van der Waals surface area contributed by atoms with Crippen LogP contribution in [0.2, 0.25) is 0 Å². The average molecular weight is 675 g/mol. The maximum atomic E-state index is 14.3. The van der Waals surface area contributed by atoms with Gasteiger partial charge in [0.15, 0.2) is 23.0 Å². The highest BCUT2D eigenvalue weighted by Gasteiger charge is 2.32. The number of benzene rings is 4. The summed E-state index contributed by atoms with van der Waals surface area (Å²) in [5.41, 5.74) is 2.54. The Bertz CT molecular complexity index is 1750. The molecule has 244 valence electrons. The number of fused-ring (bicyclic) bond motifs is 2. The van der Waals surface area contributed by atoms with Gasteiger partial charge in [-0.1, -0.05) is 55.5 Å². The number of para-hydroxylation sites is 4. The minimum Gasteiger partial charge on any atom is -0.501 e. The van der Waals surface area contributed by atoms with E-state index in [1.165, 1.54) is 6.26 Å². The molecule has 0 bridgehead atoms. The molecular formula is C36H36O9P2. The van der Waals surface area contributed by atoms with E-state index in [9.17, 15) is 4.79 Å². The molecule has 4 aromatic rings. The lowest BCUT2D eigenvalue weighted by atomic mass is 9.84. The lowest BCUT2D eigenvalue weighted by Gasteiger charge is -2.25. The van der Waals surface area contributed by atoms with Crippen molar-refractivity contribution in [3.8, 4) is 34.5 Å². The normalized spacial score (nSPS) is 13.6. The van der Waals surface area contributed by atoms with Gasteiger partial charge in [0.05, 0.1) is 44.5 Å². The summed E-state index contributed by atoms with van der Waals surface area (Å²) in [6.07, 6.45) is 6.20. The quantitative estimate of drug-likeness (QED) is 0.0612. The Labute approximate surface area is 277 Å². The zero-order valence-electron chi connectivity index (χ0n) is 26.8. The van der Waals surface area contributed by atoms with Crippen LogP contribution in [0.4, 0.5) is 0 Å². The van der Waals surface area contributed by atoms with E-state index < -0.39 is 17.0 Å². The molecule has 0 aliphatic heterocycles. The molecule has 0 saturated carbocycles. The lowest BCUT2D eigenvalue weighted by Crippen LogP contribution is -2.17. The fourth-order valence-electron chi connectivity index (χ4n) is 4.91. The predicted octanol–water partition coefficient (Wildman–Crippen LogP) is 9.39. The molecule has 5 rings (SSSR count). The van der Waals surface area contributed by atoms with Crippen LogP contribution in [0, 0.1) is 0 Å². The molecule has 2 unspecified atom stereocenters. The van der Waals surface area contributed by atoms with Gasteiger partial charge < -0.3 is 36.8 Å². The molecular weight excluding hydrogens is 638 g/mol. The van der Waals surface area contributed by atoms with Gasteiger partial charge in [0.2, 0.25) is 5.78 Å². The Morgan fingerprint density at radius 3 is 1.72 bits per heavy atom. The molecule has 11 heteroatoms. The van der Waals surface area contributed by atoms with E-state index in [2.05, 4.69) is 0 Å². The van der Waals surface area contributed by atoms with E-state index in [4.69, 9.17) is 36.8 Å². The minimum atomic E-state index is -2.08. The first-order valence-electron chi connectivity index (χ1n) is 14.8. The topological polar surface area (TPSA) is 90.9 Å². The van der Waals surface area contributed by atoms with Crippen LogP contribution in [0.15, 0.2) is 109 Å². The standard InChI is InChI=1S/C36H36O9P2/c1-6-27(38-2)16-13-23-41-47(44-31-20-10-8-18-29(31)40-4)45-33-22-12-15-26-24-25-14-11-21-32(34(25)36(37)35(26)33)43-46(5)42-30-19-9-7-17-28(30)39-3/h7-23H,6,24H2,1-5H3/b23-13-,27-16+. The van der Waals surface area contributed by atoms with Crippen molar-refractivity contribution in [2.45, 2.75) is 19.8 Å². The van der Waals surface area contributed by atoms with Gasteiger partial charge >= 0.3 is 8.60 Å². The van der Waals surface area contributed by atoms with Crippen LogP contribution in [-0.4, -0.2) is 33.8 Å². The van der Waals surface area contributed by atoms with Crippen LogP contribution >= 0.6 is 17.0 Å². The highest BCUT2D eigenvalue weighted by Crippen LogP contribution is 2.48. The van der Waals surface area contributed by atoms with E-state index in [0.717, 1.165) is 23.3 Å². The molecule has 0 radical (unpaired) electrons. The maximum Gasteiger partial charge on any atom is 0.529 e. The molecule has 4 aromatic carbocycles. The van der Waals surface area contributed by atoms with Gasteiger partial charge in [-0.25, -0.2) is 0 Å². The summed E-state index contributed by atoms with van der Waals surface area (Å²) in [6, 6.07) is 25.6. The summed E-state index contributed by atoms with van der Waals surface area (Å²) >= 11 is 0. The van der Waals surface area contributed by atoms with Gasteiger partial charge in [-0.3, -0.25) is 4.79 Å². The van der Waals surface area contributed by atoms with E-state index >= 15 is 0 Å². The van der Waals surface area contributed by atoms with Crippen molar-refractivity contribution in [3.63, 3.8) is 0 Å². The molecule has 0 N–H and O–H groups in total. The van der Waals surface area contributed by atoms with Crippen LogP contribution in [-0.2, 0) is 15.7 Å². The van der Waals surface area contributed by atoms with Crippen molar-refractivity contribution >= 4 is 22.8 Å². The number of methoxy groups -OCH3 is 3. The fraction of sp³-hybridized carbons (Fsp3) is 0.194. The highest BCUT2D eigenvalue weighted by molar-refractivity contribution is 7.47. The number of carbonyl (C=O) groups is 1. The van der Waals surface area contributed by atoms with Crippen molar-refractivity contribution < 1.29 is 41.6 Å². The van der Waals surface area contributed by atoms with Crippen molar-refractivity contribution in [2.75, 3.05) is 28.0 Å². The first-order chi connectivity index (χ1) is 22.9. The highest BCUT2D eigenvalue weighted by atomic mass is 31.2. The molecule has 0 aromatic heterocycles. The number of allylic oxidation sites excluding steroid dienone is 3. The number of ketones is 1. The summed E-state index contributed by atoms with van der Waals surface area (Å²) in [4.78, 5) is 14.3. The summed E-state index contributed by atoms with van der Waals surface area (Å²) in [6.45, 7) is 3.82. The van der Waals surface area contributed by atoms with E-state index in [-0.39, 0.29) is 5.78 Å². The molecule has 9 nitrogen and oxygen atoms in total. The van der Waals surface area contributed by atoms with E-state index in [0.29, 0.717) is 52.0 Å². The zero-order chi connectivity index (χ0) is 33.2. The van der Waals surface area contributed by atoms with Crippen molar-refractivity contribution in [2.24, 2.45) is 0 Å². The zero-order valence-corrected chi connectivity index (χ0v) is 28.6. The third kappa shape index (κ3) is 8.18. The first kappa shape index (κ1) is 33.6. The SMILES string of the molecule is CC/C(=C\C=C/OP(Oc1ccccc1OC)Oc1cccc2c1C(=O)c1c(cccc1OP(C)Oc1ccccc1OC)C2)OC. The summed E-state index contributed by atoms with van der Waals surface area (Å²) in [5, 5.41) is 0. The van der Waals surface area contributed by atoms with Gasteiger partial charge in [0, 0.05) is 13.1 Å². The Balaban J connectivity index is 1.42. The van der Waals surface area contributed by atoms with Crippen LogP contribution in [0.3, 0.4) is 0 Å². The summed E-state index contributed by atoms with van der Waals surface area (Å²) in [5.74, 6) is 3.40. The smallest absolute Gasteiger partial charge is 0.501 e. The number of rotatable bonds is 15. The predicted molar refractivity (Wildman–Crippen MR) is 183 cm³/mol. The molecule has 1 aliphatic rings. The number of ether oxygens (including phenoxy) is 3. The molecule has 0 spiro atoms. The number of carbonyl (C=O) groups excluding carboxylic acids is 1. The molecule has 0 fully saturated rings. The Kier molecular flexibility index (Phi) is 11.6. The maximum absolute atomic E-state index is 14.3. The van der Waals surface area contributed by atoms with Crippen LogP contribution in [0.1, 0.15) is 40.4 Å². The molecule has 47 heavy (non-hydrogen) atoms. The van der Waals surface area contributed by atoms with Crippen molar-refractivity contribution in [1.82, 2.24) is 0 Å². The summed E-state index contributed by atoms with van der Waals surface area (Å²) < 4.78 is 47.1. The molecule has 1 aliphatic carbocycles. The second-order valence-electron chi connectivity index (χ2n) is 10.0. The van der Waals surface area contributed by atoms with Crippen LogP contribution < -0.4 is 27.6 Å². The number of hydrogen-bond donors (Lipinski definition) is 0. The van der Waals surface area contributed by atoms with Crippen molar-refractivity contribution in [3.05, 3.63) is 131 Å². The van der Waals surface area contributed by atoms with E-state index in [1.807, 2.05) is 74.3 Å². The molecule has 2 atom stereocenters. The van der Waals surface area contributed by atoms with Crippen LogP contribution in [0.5, 0.6) is 34.5 Å². The third-order valence-electron chi connectivity index (χ3n) is 7.12. The van der Waals surface area contributed by atoms with Gasteiger partial charge in [-0.05, 0) is 66.1 Å². The second kappa shape index (κ2) is 16.2. The van der Waals surface area contributed by atoms with Crippen LogP contribution in [0.25, 0.3) is 0 Å². The third-order valence-corrected chi connectivity index (χ3v) is 9.01. The van der Waals surface area contributed by atoms with Gasteiger partial charge in [0.1, 0.15) is 11.5 Å². The first-order valence-corrected chi connectivity index (χ1v) is 17.5. The average Bonchev–Trinajstić information content (AvgIpc) is 3.08. The Morgan fingerprint density at radius 2 is 1.17 bits per heavy atom. The second-order valence-corrected chi connectivity index (χ2v) is 12.3. The van der Waals surface area contributed by atoms with Crippen molar-refractivity contribution in [1.29, 1.82) is 0 Å². The molecule has 0 saturated heterocycles. The Morgan fingerprint density at radius 1 is 0.681 bits per heavy atom. The number of hydrogen-bond acceptors (Lipinski definition) is 9. The summed E-state index contributed by atoms with van der Waals surface area (Å²) in [7, 11) is 1.21. The monoisotopic (exact) mass is 674 g/mol. The van der Waals surface area contributed by atoms with E-state index in [1.54, 1.807) is 57.7 Å². The molecule has 0 amide bonds.